The molecule has 5 N–H and O–H groups in total. The normalized spacial score (nSPS) is 22.7. The predicted molar refractivity (Wildman–Crippen MR) is 121 cm³/mol. The van der Waals surface area contributed by atoms with E-state index in [4.69, 9.17) is 10.5 Å². The Morgan fingerprint density at radius 1 is 1.29 bits per heavy atom. The van der Waals surface area contributed by atoms with Crippen LogP contribution in [0.25, 0.3) is 0 Å². The number of ether oxygens (including phenoxy) is 1. The number of carboxylic acid groups (broad SMARTS) is 1. The highest BCUT2D eigenvalue weighted by molar-refractivity contribution is 8.00. The molecule has 15 heteroatoms. The molecule has 1 aromatic rings. The highest BCUT2D eigenvalue weighted by Gasteiger charge is 2.54. The van der Waals surface area contributed by atoms with Crippen molar-refractivity contribution >= 4 is 57.8 Å². The highest BCUT2D eigenvalue weighted by atomic mass is 32.2. The molecule has 3 aliphatic rings. The number of anilines is 1. The van der Waals surface area contributed by atoms with E-state index in [0.29, 0.717) is 18.7 Å². The van der Waals surface area contributed by atoms with E-state index < -0.39 is 41.0 Å². The van der Waals surface area contributed by atoms with Crippen LogP contribution in [0.2, 0.25) is 0 Å². The number of carbonyl (C=O) groups is 4. The average Bonchev–Trinajstić information content (AvgIpc) is 3.26. The molecule has 3 aliphatic heterocycles. The second kappa shape index (κ2) is 9.89. The third-order valence-electron chi connectivity index (χ3n) is 5.60. The number of amides is 3. The lowest BCUT2D eigenvalue weighted by molar-refractivity contribution is -0.150. The van der Waals surface area contributed by atoms with Gasteiger partial charge in [0.2, 0.25) is 0 Å². The largest absolute Gasteiger partial charge is 0.477 e. The van der Waals surface area contributed by atoms with Crippen molar-refractivity contribution in [3.8, 4) is 0 Å². The molecule has 4 heterocycles. The maximum atomic E-state index is 12.8. The molecule has 182 valence electrons. The van der Waals surface area contributed by atoms with Crippen LogP contribution in [0.5, 0.6) is 0 Å². The highest BCUT2D eigenvalue weighted by Crippen LogP contribution is 2.40. The van der Waals surface area contributed by atoms with Crippen molar-refractivity contribution in [3.63, 3.8) is 0 Å². The summed E-state index contributed by atoms with van der Waals surface area (Å²) in [6.07, 6.45) is 2.32. The minimum atomic E-state index is -1.33. The summed E-state index contributed by atoms with van der Waals surface area (Å²) in [6, 6.07) is -1.03. The zero-order valence-electron chi connectivity index (χ0n) is 17.8. The number of hydrogen-bond donors (Lipinski definition) is 4. The summed E-state index contributed by atoms with van der Waals surface area (Å²) in [5, 5.41) is 25.3. The predicted octanol–water partition coefficient (Wildman–Crippen LogP) is 0.265. The van der Waals surface area contributed by atoms with Crippen LogP contribution < -0.4 is 11.1 Å². The van der Waals surface area contributed by atoms with Gasteiger partial charge in [-0.2, -0.15) is 0 Å². The zero-order chi connectivity index (χ0) is 24.4. The molecule has 3 amide bonds. The van der Waals surface area contributed by atoms with Crippen LogP contribution in [0.1, 0.15) is 25.0 Å². The van der Waals surface area contributed by atoms with E-state index in [9.17, 15) is 29.5 Å². The summed E-state index contributed by atoms with van der Waals surface area (Å²) in [7, 11) is 0. The number of fused-ring (bicyclic) bond motifs is 1. The quantitative estimate of drug-likeness (QED) is 0.179. The number of piperidine rings is 1. The smallest absolute Gasteiger partial charge is 0.410 e. The molecule has 2 saturated heterocycles. The maximum absolute atomic E-state index is 12.8. The van der Waals surface area contributed by atoms with Gasteiger partial charge < -0.3 is 31.0 Å². The first-order valence-electron chi connectivity index (χ1n) is 10.4. The molecule has 0 saturated carbocycles. The molecule has 13 nitrogen and oxygen atoms in total. The number of β-lactam (4-membered cyclic amide) rings is 1. The summed E-state index contributed by atoms with van der Waals surface area (Å²) in [5.41, 5.74) is 5.22. The van der Waals surface area contributed by atoms with Crippen LogP contribution in [-0.2, 0) is 19.1 Å². The van der Waals surface area contributed by atoms with Gasteiger partial charge in [-0.1, -0.05) is 5.16 Å². The number of rotatable bonds is 6. The van der Waals surface area contributed by atoms with Crippen molar-refractivity contribution in [3.05, 3.63) is 22.3 Å². The van der Waals surface area contributed by atoms with Crippen molar-refractivity contribution in [1.29, 1.82) is 0 Å². The lowest BCUT2D eigenvalue weighted by atomic mass is 10.0. The van der Waals surface area contributed by atoms with Gasteiger partial charge in [-0.15, -0.1) is 23.1 Å². The number of carboxylic acids is 1. The first-order valence-corrected chi connectivity index (χ1v) is 12.3. The average molecular weight is 511 g/mol. The van der Waals surface area contributed by atoms with E-state index in [0.717, 1.165) is 35.5 Å². The summed E-state index contributed by atoms with van der Waals surface area (Å²) in [5.74, 6) is -2.63. The summed E-state index contributed by atoms with van der Waals surface area (Å²) < 4.78 is 5.32. The Hall–Kier alpha value is -3.33. The van der Waals surface area contributed by atoms with E-state index in [1.165, 1.54) is 17.1 Å². The number of aliphatic carboxylic acids is 1. The number of thiazole rings is 1. The van der Waals surface area contributed by atoms with Crippen LogP contribution in [-0.4, -0.2) is 91.6 Å². The van der Waals surface area contributed by atoms with E-state index in [2.05, 4.69) is 15.5 Å². The molecule has 0 spiro atoms. The molecular weight excluding hydrogens is 488 g/mol. The third-order valence-corrected chi connectivity index (χ3v) is 7.61. The Kier molecular flexibility index (Phi) is 6.92. The van der Waals surface area contributed by atoms with Gasteiger partial charge in [-0.3, -0.25) is 14.5 Å². The molecule has 0 aromatic carbocycles. The van der Waals surface area contributed by atoms with Crippen LogP contribution >= 0.6 is 23.1 Å². The molecule has 1 unspecified atom stereocenters. The minimum absolute atomic E-state index is 0.0476. The monoisotopic (exact) mass is 510 g/mol. The minimum Gasteiger partial charge on any atom is -0.477 e. The van der Waals surface area contributed by atoms with E-state index in [-0.39, 0.29) is 28.9 Å². The van der Waals surface area contributed by atoms with Crippen molar-refractivity contribution in [1.82, 2.24) is 20.1 Å². The first kappa shape index (κ1) is 23.8. The van der Waals surface area contributed by atoms with Crippen molar-refractivity contribution < 1.29 is 34.2 Å². The van der Waals surface area contributed by atoms with Crippen molar-refractivity contribution in [2.45, 2.75) is 30.7 Å². The lowest BCUT2D eigenvalue weighted by Gasteiger charge is -2.49. The number of oxime groups is 1. The molecule has 0 aliphatic carbocycles. The van der Waals surface area contributed by atoms with Crippen LogP contribution in [0.3, 0.4) is 0 Å². The number of nitrogens with zero attached hydrogens (tertiary/aromatic N) is 4. The standard InChI is InChI=1S/C19H22N6O7S2/c20-18-21-10(8-34-18)11(23-31)14(26)22-12-15(27)25-13(17(28)29)9(7-33-16(12)25)6-32-19(30)24-4-2-1-3-5-24/h8,12,16,31H,1-7H2,(H2,20,21)(H,22,26)(H,28,29)/t12?,16-/m1/s1. The van der Waals surface area contributed by atoms with Gasteiger partial charge in [-0.25, -0.2) is 14.6 Å². The molecule has 0 bridgehead atoms. The van der Waals surface area contributed by atoms with Crippen LogP contribution in [0.15, 0.2) is 21.8 Å². The van der Waals surface area contributed by atoms with Crippen molar-refractivity contribution in [2.24, 2.45) is 5.16 Å². The van der Waals surface area contributed by atoms with Crippen LogP contribution in [0, 0.1) is 0 Å². The molecule has 2 fully saturated rings. The van der Waals surface area contributed by atoms with Crippen LogP contribution in [0.4, 0.5) is 9.93 Å². The van der Waals surface area contributed by atoms with Gasteiger partial charge >= 0.3 is 12.1 Å². The van der Waals surface area contributed by atoms with Gasteiger partial charge in [0.1, 0.15) is 29.4 Å². The molecule has 4 rings (SSSR count). The van der Waals surface area contributed by atoms with Gasteiger partial charge in [0, 0.05) is 29.8 Å². The van der Waals surface area contributed by atoms with Gasteiger partial charge in [0.25, 0.3) is 11.8 Å². The second-order valence-corrected chi connectivity index (χ2v) is 9.73. The Morgan fingerprint density at radius 3 is 2.65 bits per heavy atom. The number of likely N-dealkylation sites (tertiary alicyclic amines) is 1. The number of nitrogen functional groups attached to an aromatic ring is 1. The number of aromatic nitrogens is 1. The van der Waals surface area contributed by atoms with Gasteiger partial charge in [-0.05, 0) is 19.3 Å². The van der Waals surface area contributed by atoms with Gasteiger partial charge in [0.15, 0.2) is 10.8 Å². The maximum Gasteiger partial charge on any atom is 0.410 e. The Balaban J connectivity index is 1.43. The zero-order valence-corrected chi connectivity index (χ0v) is 19.4. The van der Waals surface area contributed by atoms with Gasteiger partial charge in [0.05, 0.1) is 0 Å². The first-order chi connectivity index (χ1) is 16.3. The second-order valence-electron chi connectivity index (χ2n) is 7.74. The topological polar surface area (TPSA) is 188 Å². The van der Waals surface area contributed by atoms with E-state index in [1.54, 1.807) is 4.90 Å². The van der Waals surface area contributed by atoms with E-state index >= 15 is 0 Å². The SMILES string of the molecule is Nc1nc(C(=NO)C(=O)NC2C(=O)N3C(C(=O)O)=C(COC(=O)N4CCCCC4)CS[C@H]23)cs1. The fourth-order valence-electron chi connectivity index (χ4n) is 3.93. The fourth-order valence-corrected chi connectivity index (χ4v) is 5.80. The number of nitrogens with one attached hydrogen (secondary N) is 1. The summed E-state index contributed by atoms with van der Waals surface area (Å²) >= 11 is 2.28. The number of thioether (sulfide) groups is 1. The molecule has 1 aromatic heterocycles. The molecule has 34 heavy (non-hydrogen) atoms. The molecule has 2 atom stereocenters. The Bertz CT molecular complexity index is 1080. The molecular formula is C19H22N6O7S2. The summed E-state index contributed by atoms with van der Waals surface area (Å²) in [4.78, 5) is 56.1. The Morgan fingerprint density at radius 2 is 2.03 bits per heavy atom. The van der Waals surface area contributed by atoms with Crippen molar-refractivity contribution in [2.75, 3.05) is 31.2 Å². The molecule has 0 radical (unpaired) electrons. The lowest BCUT2D eigenvalue weighted by Crippen LogP contribution is -2.71. The third kappa shape index (κ3) is 4.52. The number of carbonyl (C=O) groups excluding carboxylic acids is 3. The Labute approximate surface area is 201 Å². The number of hydrogen-bond acceptors (Lipinski definition) is 11. The fraction of sp³-hybridized carbons (Fsp3) is 0.474. The number of nitrogens with two attached hydrogens (primary N) is 1. The van der Waals surface area contributed by atoms with E-state index in [1.807, 2.05) is 0 Å². The summed E-state index contributed by atoms with van der Waals surface area (Å²) in [6.45, 7) is 0.947.